The molecule has 0 saturated carbocycles. The molecular formula is C30H28N2O8. The van der Waals surface area contributed by atoms with E-state index in [1.54, 1.807) is 6.92 Å². The summed E-state index contributed by atoms with van der Waals surface area (Å²) in [7, 11) is 0. The van der Waals surface area contributed by atoms with Gasteiger partial charge in [-0.1, -0.05) is 50.6 Å². The van der Waals surface area contributed by atoms with Crippen molar-refractivity contribution < 1.29 is 28.4 Å². The Hall–Kier alpha value is -4.99. The molecule has 3 aromatic carbocycles. The molecule has 4 aromatic rings. The van der Waals surface area contributed by atoms with E-state index in [1.807, 2.05) is 44.2 Å². The van der Waals surface area contributed by atoms with E-state index in [2.05, 4.69) is 5.32 Å². The Morgan fingerprint density at radius 2 is 1.75 bits per heavy atom. The number of nitro groups is 1. The summed E-state index contributed by atoms with van der Waals surface area (Å²) in [5.41, 5.74) is 1.36. The molecule has 4 rings (SSSR count). The van der Waals surface area contributed by atoms with Crippen molar-refractivity contribution in [2.45, 2.75) is 39.8 Å². The maximum absolute atomic E-state index is 13.3. The first-order valence-electron chi connectivity index (χ1n) is 12.7. The van der Waals surface area contributed by atoms with E-state index < -0.39 is 23.0 Å². The third-order valence-corrected chi connectivity index (χ3v) is 6.58. The number of carbonyl (C=O) groups is 2. The van der Waals surface area contributed by atoms with Crippen molar-refractivity contribution in [3.63, 3.8) is 0 Å². The van der Waals surface area contributed by atoms with Crippen LogP contribution in [0.5, 0.6) is 5.75 Å². The topological polar surface area (TPSA) is 138 Å². The van der Waals surface area contributed by atoms with E-state index in [1.165, 1.54) is 42.5 Å². The standard InChI is InChI=1S/C30H28N2O8/c1-4-18(2)27(31-30(35)38-17-20-8-6-5-7-9-20)29(34)40-23-14-15-24-25(16-23)39-19(3)26(28(24)33)21-10-12-22(13-11-21)32(36)37/h5-16,18,27H,4,17H2,1-3H3,(H,31,35)/t18-,27+/m1/s1. The first-order chi connectivity index (χ1) is 19.2. The number of amides is 1. The average molecular weight is 545 g/mol. The summed E-state index contributed by atoms with van der Waals surface area (Å²) in [6, 6.07) is 18.2. The number of hydrogen-bond acceptors (Lipinski definition) is 8. The number of aryl methyl sites for hydroxylation is 1. The van der Waals surface area contributed by atoms with Crippen molar-refractivity contribution in [2.75, 3.05) is 0 Å². The van der Waals surface area contributed by atoms with E-state index >= 15 is 0 Å². The summed E-state index contributed by atoms with van der Waals surface area (Å²) in [6.07, 6.45) is -0.152. The Morgan fingerprint density at radius 1 is 1.05 bits per heavy atom. The number of non-ortho nitro benzene ring substituents is 1. The minimum atomic E-state index is -0.970. The van der Waals surface area contributed by atoms with Crippen molar-refractivity contribution in [3.8, 4) is 16.9 Å². The molecule has 0 bridgehead atoms. The molecule has 1 N–H and O–H groups in total. The molecule has 0 radical (unpaired) electrons. The van der Waals surface area contributed by atoms with Crippen molar-refractivity contribution in [1.29, 1.82) is 0 Å². The van der Waals surface area contributed by atoms with Crippen molar-refractivity contribution >= 4 is 28.7 Å². The second-order valence-electron chi connectivity index (χ2n) is 9.31. The zero-order valence-corrected chi connectivity index (χ0v) is 22.2. The molecule has 1 heterocycles. The highest BCUT2D eigenvalue weighted by molar-refractivity contribution is 5.86. The minimum Gasteiger partial charge on any atom is -0.460 e. The fraction of sp³-hybridized carbons (Fsp3) is 0.233. The lowest BCUT2D eigenvalue weighted by Crippen LogP contribution is -2.47. The Balaban J connectivity index is 1.52. The molecule has 0 saturated heterocycles. The Bertz CT molecular complexity index is 1600. The smallest absolute Gasteiger partial charge is 0.408 e. The molecule has 206 valence electrons. The SMILES string of the molecule is CC[C@@H](C)[C@H](NC(=O)OCc1ccccc1)C(=O)Oc1ccc2c(=O)c(-c3ccc([N+](=O)[O-])cc3)c(C)oc2c1. The van der Waals surface area contributed by atoms with Crippen LogP contribution < -0.4 is 15.5 Å². The Kier molecular flexibility index (Phi) is 8.58. The van der Waals surface area contributed by atoms with Crippen LogP contribution in [0.1, 0.15) is 31.6 Å². The Morgan fingerprint density at radius 3 is 2.40 bits per heavy atom. The molecule has 2 atom stereocenters. The summed E-state index contributed by atoms with van der Waals surface area (Å²) in [5, 5.41) is 13.8. The van der Waals surface area contributed by atoms with Gasteiger partial charge in [0.15, 0.2) is 0 Å². The van der Waals surface area contributed by atoms with Gasteiger partial charge in [0.2, 0.25) is 5.43 Å². The number of esters is 1. The number of ether oxygens (including phenoxy) is 2. The lowest BCUT2D eigenvalue weighted by atomic mass is 9.99. The fourth-order valence-corrected chi connectivity index (χ4v) is 4.17. The quantitative estimate of drug-likeness (QED) is 0.119. The number of fused-ring (bicyclic) bond motifs is 1. The lowest BCUT2D eigenvalue weighted by molar-refractivity contribution is -0.384. The minimum absolute atomic E-state index is 0.0554. The highest BCUT2D eigenvalue weighted by Crippen LogP contribution is 2.28. The van der Waals surface area contributed by atoms with E-state index in [-0.39, 0.29) is 45.9 Å². The normalized spacial score (nSPS) is 12.4. The van der Waals surface area contributed by atoms with Gasteiger partial charge in [-0.3, -0.25) is 14.9 Å². The number of nitrogens with zero attached hydrogens (tertiary/aromatic N) is 1. The van der Waals surface area contributed by atoms with Gasteiger partial charge in [-0.25, -0.2) is 9.59 Å². The van der Waals surface area contributed by atoms with Crippen LogP contribution in [-0.2, 0) is 16.1 Å². The number of rotatable bonds is 9. The summed E-state index contributed by atoms with van der Waals surface area (Å²) >= 11 is 0. The van der Waals surface area contributed by atoms with Crippen molar-refractivity contribution in [1.82, 2.24) is 5.32 Å². The summed E-state index contributed by atoms with van der Waals surface area (Å²) < 4.78 is 16.7. The molecule has 40 heavy (non-hydrogen) atoms. The highest BCUT2D eigenvalue weighted by atomic mass is 16.6. The average Bonchev–Trinajstić information content (AvgIpc) is 2.95. The first kappa shape index (κ1) is 28.0. The predicted molar refractivity (Wildman–Crippen MR) is 148 cm³/mol. The molecule has 1 amide bonds. The number of carbonyl (C=O) groups excluding carboxylic acids is 2. The molecule has 1 aromatic heterocycles. The van der Waals surface area contributed by atoms with Gasteiger partial charge in [-0.2, -0.15) is 0 Å². The van der Waals surface area contributed by atoms with Crippen LogP contribution in [0.3, 0.4) is 0 Å². The summed E-state index contributed by atoms with van der Waals surface area (Å²) in [4.78, 5) is 49.2. The van der Waals surface area contributed by atoms with Gasteiger partial charge in [-0.15, -0.1) is 0 Å². The molecule has 10 nitrogen and oxygen atoms in total. The molecule has 0 aliphatic carbocycles. The van der Waals surface area contributed by atoms with Gasteiger partial charge in [-0.05, 0) is 48.2 Å². The van der Waals surface area contributed by atoms with Crippen LogP contribution in [-0.4, -0.2) is 23.0 Å². The molecule has 0 aliphatic rings. The molecule has 0 aliphatic heterocycles. The number of alkyl carbamates (subject to hydrolysis) is 1. The Labute approximate surface area is 229 Å². The number of nitro benzene ring substituents is 1. The maximum atomic E-state index is 13.3. The van der Waals surface area contributed by atoms with Gasteiger partial charge in [0, 0.05) is 18.2 Å². The molecule has 10 heteroatoms. The van der Waals surface area contributed by atoms with E-state index in [0.29, 0.717) is 17.7 Å². The van der Waals surface area contributed by atoms with Gasteiger partial charge in [0.05, 0.1) is 15.9 Å². The van der Waals surface area contributed by atoms with Crippen LogP contribution in [0, 0.1) is 23.0 Å². The predicted octanol–water partition coefficient (Wildman–Crippen LogP) is 5.92. The molecular weight excluding hydrogens is 516 g/mol. The zero-order valence-electron chi connectivity index (χ0n) is 22.2. The van der Waals surface area contributed by atoms with E-state index in [0.717, 1.165) is 5.56 Å². The van der Waals surface area contributed by atoms with Gasteiger partial charge in [0.1, 0.15) is 29.7 Å². The number of benzene rings is 3. The van der Waals surface area contributed by atoms with Crippen molar-refractivity contribution in [3.05, 3.63) is 104 Å². The maximum Gasteiger partial charge on any atom is 0.408 e. The van der Waals surface area contributed by atoms with Crippen molar-refractivity contribution in [2.24, 2.45) is 5.92 Å². The molecule has 0 fully saturated rings. The third kappa shape index (κ3) is 6.35. The zero-order chi connectivity index (χ0) is 28.8. The second-order valence-corrected chi connectivity index (χ2v) is 9.31. The summed E-state index contributed by atoms with van der Waals surface area (Å²) in [5.74, 6) is -0.500. The third-order valence-electron chi connectivity index (χ3n) is 6.58. The summed E-state index contributed by atoms with van der Waals surface area (Å²) in [6.45, 7) is 5.36. The van der Waals surface area contributed by atoms with Crippen LogP contribution >= 0.6 is 0 Å². The molecule has 0 unspecified atom stereocenters. The lowest BCUT2D eigenvalue weighted by Gasteiger charge is -2.22. The fourth-order valence-electron chi connectivity index (χ4n) is 4.17. The monoisotopic (exact) mass is 544 g/mol. The first-order valence-corrected chi connectivity index (χ1v) is 12.7. The van der Waals surface area contributed by atoms with Gasteiger partial charge >= 0.3 is 12.1 Å². The second kappa shape index (κ2) is 12.2. The van der Waals surface area contributed by atoms with Crippen LogP contribution in [0.25, 0.3) is 22.1 Å². The largest absolute Gasteiger partial charge is 0.460 e. The van der Waals surface area contributed by atoms with Gasteiger partial charge in [0.25, 0.3) is 5.69 Å². The van der Waals surface area contributed by atoms with Crippen LogP contribution in [0.2, 0.25) is 0 Å². The van der Waals surface area contributed by atoms with Gasteiger partial charge < -0.3 is 19.2 Å². The highest BCUT2D eigenvalue weighted by Gasteiger charge is 2.29. The number of hydrogen-bond donors (Lipinski definition) is 1. The van der Waals surface area contributed by atoms with E-state index in [4.69, 9.17) is 13.9 Å². The van der Waals surface area contributed by atoms with E-state index in [9.17, 15) is 24.5 Å². The number of nitrogens with one attached hydrogen (secondary N) is 1. The van der Waals surface area contributed by atoms with Crippen LogP contribution in [0.4, 0.5) is 10.5 Å². The van der Waals surface area contributed by atoms with Crippen LogP contribution in [0.15, 0.2) is 82.0 Å². The molecule has 0 spiro atoms.